The number of hydrogen-bond acceptors (Lipinski definition) is 10. The van der Waals surface area contributed by atoms with E-state index in [-0.39, 0.29) is 6.61 Å². The lowest BCUT2D eigenvalue weighted by atomic mass is 9.89. The first-order chi connectivity index (χ1) is 13.3. The van der Waals surface area contributed by atoms with E-state index >= 15 is 0 Å². The van der Waals surface area contributed by atoms with Gasteiger partial charge in [0.05, 0.1) is 31.5 Å². The molecule has 164 valence electrons. The van der Waals surface area contributed by atoms with Gasteiger partial charge in [-0.1, -0.05) is 6.92 Å². The first-order valence-electron chi connectivity index (χ1n) is 9.30. The molecule has 0 aromatic rings. The van der Waals surface area contributed by atoms with Crippen molar-refractivity contribution in [2.75, 3.05) is 27.4 Å². The van der Waals surface area contributed by atoms with E-state index in [9.17, 15) is 25.2 Å². The highest BCUT2D eigenvalue weighted by Gasteiger charge is 2.50. The fraction of sp³-hybridized carbons (Fsp3) is 0.941. The largest absolute Gasteiger partial charge is 0.394 e. The standard InChI is InChI=1S/C17H32N2O9/c1-7-9(5-20)26-17(12(13(7)23)19-8(2)22)28-15-10(6-21)27-16(25-4)11(18-3)14(15)24/h7,9-18,20-21,23-24H,5-6H2,1-4H3,(H,19,22)/t7-,9?,10?,11?,12?,13-,14+,15-,16+,17-/m0/s1. The number of carbonyl (C=O) groups is 1. The summed E-state index contributed by atoms with van der Waals surface area (Å²) in [5.74, 6) is -0.867. The van der Waals surface area contributed by atoms with Crippen LogP contribution in [0.4, 0.5) is 0 Å². The van der Waals surface area contributed by atoms with Crippen LogP contribution in [-0.2, 0) is 23.7 Å². The van der Waals surface area contributed by atoms with Crippen molar-refractivity contribution in [2.45, 2.75) is 69.0 Å². The third-order valence-electron chi connectivity index (χ3n) is 5.36. The molecule has 0 aromatic heterocycles. The zero-order valence-electron chi connectivity index (χ0n) is 16.5. The molecule has 0 spiro atoms. The molecule has 2 aliphatic heterocycles. The topological polar surface area (TPSA) is 159 Å². The van der Waals surface area contributed by atoms with Gasteiger partial charge in [-0.3, -0.25) is 4.79 Å². The normalized spacial score (nSPS) is 44.3. The molecule has 0 aliphatic carbocycles. The van der Waals surface area contributed by atoms with Crippen molar-refractivity contribution in [2.24, 2.45) is 5.92 Å². The van der Waals surface area contributed by atoms with Gasteiger partial charge in [-0.15, -0.1) is 0 Å². The minimum absolute atomic E-state index is 0.358. The number of likely N-dealkylation sites (N-methyl/N-ethyl adjacent to an activating group) is 1. The Morgan fingerprint density at radius 3 is 2.14 bits per heavy atom. The van der Waals surface area contributed by atoms with Crippen LogP contribution in [0.3, 0.4) is 0 Å². The van der Waals surface area contributed by atoms with Gasteiger partial charge in [-0.2, -0.15) is 0 Å². The summed E-state index contributed by atoms with van der Waals surface area (Å²) in [7, 11) is 3.03. The smallest absolute Gasteiger partial charge is 0.217 e. The molecule has 28 heavy (non-hydrogen) atoms. The number of methoxy groups -OCH3 is 1. The van der Waals surface area contributed by atoms with Crippen LogP contribution >= 0.6 is 0 Å². The lowest BCUT2D eigenvalue weighted by Gasteiger charge is -2.48. The molecule has 0 saturated carbocycles. The molecular formula is C17H32N2O9. The quantitative estimate of drug-likeness (QED) is 0.255. The molecule has 1 amide bonds. The number of amides is 1. The molecule has 11 heteroatoms. The summed E-state index contributed by atoms with van der Waals surface area (Å²) in [4.78, 5) is 11.6. The summed E-state index contributed by atoms with van der Waals surface area (Å²) >= 11 is 0. The Bertz CT molecular complexity index is 511. The van der Waals surface area contributed by atoms with Gasteiger partial charge in [0.2, 0.25) is 5.91 Å². The third kappa shape index (κ3) is 4.81. The van der Waals surface area contributed by atoms with Crippen molar-refractivity contribution in [3.63, 3.8) is 0 Å². The zero-order chi connectivity index (χ0) is 21.0. The molecule has 0 aromatic carbocycles. The number of rotatable bonds is 7. The Labute approximate surface area is 163 Å². The molecule has 2 fully saturated rings. The van der Waals surface area contributed by atoms with Crippen LogP contribution in [0.2, 0.25) is 0 Å². The van der Waals surface area contributed by atoms with Crippen molar-refractivity contribution in [3.8, 4) is 0 Å². The Hall–Kier alpha value is -0.890. The van der Waals surface area contributed by atoms with Crippen LogP contribution in [0.5, 0.6) is 0 Å². The fourth-order valence-corrected chi connectivity index (χ4v) is 3.70. The predicted molar refractivity (Wildman–Crippen MR) is 95.0 cm³/mol. The van der Waals surface area contributed by atoms with Crippen LogP contribution in [-0.4, -0.2) is 109 Å². The highest BCUT2D eigenvalue weighted by molar-refractivity contribution is 5.73. The van der Waals surface area contributed by atoms with Crippen LogP contribution in [0.1, 0.15) is 13.8 Å². The molecule has 2 aliphatic rings. The minimum atomic E-state index is -1.18. The van der Waals surface area contributed by atoms with Gasteiger partial charge in [0.1, 0.15) is 24.4 Å². The second-order valence-electron chi connectivity index (χ2n) is 7.17. The van der Waals surface area contributed by atoms with E-state index < -0.39 is 73.6 Å². The maximum absolute atomic E-state index is 11.6. The predicted octanol–water partition coefficient (Wildman–Crippen LogP) is -3.10. The van der Waals surface area contributed by atoms with E-state index in [1.165, 1.54) is 14.0 Å². The summed E-state index contributed by atoms with van der Waals surface area (Å²) in [6.45, 7) is 2.16. The van der Waals surface area contributed by atoms with Gasteiger partial charge in [0.15, 0.2) is 12.6 Å². The molecule has 2 rings (SSSR count). The summed E-state index contributed by atoms with van der Waals surface area (Å²) in [6.07, 6.45) is -6.91. The molecule has 0 bridgehead atoms. The Morgan fingerprint density at radius 2 is 1.64 bits per heavy atom. The van der Waals surface area contributed by atoms with E-state index in [1.54, 1.807) is 14.0 Å². The molecule has 2 heterocycles. The zero-order valence-corrected chi connectivity index (χ0v) is 16.5. The van der Waals surface area contributed by atoms with Crippen LogP contribution in [0.15, 0.2) is 0 Å². The van der Waals surface area contributed by atoms with Crippen molar-refractivity contribution in [3.05, 3.63) is 0 Å². The van der Waals surface area contributed by atoms with E-state index in [2.05, 4.69) is 10.6 Å². The lowest BCUT2D eigenvalue weighted by molar-refractivity contribution is -0.325. The average molecular weight is 408 g/mol. The van der Waals surface area contributed by atoms with Gasteiger partial charge in [0, 0.05) is 20.0 Å². The summed E-state index contributed by atoms with van der Waals surface area (Å²) in [6, 6.07) is -1.59. The molecule has 11 nitrogen and oxygen atoms in total. The molecule has 6 N–H and O–H groups in total. The van der Waals surface area contributed by atoms with Crippen molar-refractivity contribution < 1.29 is 44.2 Å². The van der Waals surface area contributed by atoms with Crippen molar-refractivity contribution in [1.82, 2.24) is 10.6 Å². The van der Waals surface area contributed by atoms with Crippen LogP contribution in [0, 0.1) is 5.92 Å². The Morgan fingerprint density at radius 1 is 1.04 bits per heavy atom. The monoisotopic (exact) mass is 408 g/mol. The summed E-state index contributed by atoms with van der Waals surface area (Å²) < 4.78 is 22.5. The number of ether oxygens (including phenoxy) is 4. The van der Waals surface area contributed by atoms with E-state index in [0.717, 1.165) is 0 Å². The second kappa shape index (κ2) is 10.2. The van der Waals surface area contributed by atoms with Crippen molar-refractivity contribution in [1.29, 1.82) is 0 Å². The van der Waals surface area contributed by atoms with Gasteiger partial charge < -0.3 is 50.0 Å². The number of nitrogens with one attached hydrogen (secondary N) is 2. The third-order valence-corrected chi connectivity index (χ3v) is 5.36. The maximum Gasteiger partial charge on any atom is 0.217 e. The van der Waals surface area contributed by atoms with E-state index in [0.29, 0.717) is 0 Å². The number of carbonyl (C=O) groups excluding carboxylic acids is 1. The fourth-order valence-electron chi connectivity index (χ4n) is 3.70. The number of aliphatic hydroxyl groups is 4. The molecule has 0 radical (unpaired) electrons. The molecule has 10 atom stereocenters. The lowest BCUT2D eigenvalue weighted by Crippen LogP contribution is -2.67. The summed E-state index contributed by atoms with van der Waals surface area (Å²) in [5, 5.41) is 46.1. The molecule has 4 unspecified atom stereocenters. The molecule has 2 saturated heterocycles. The maximum atomic E-state index is 11.6. The highest BCUT2D eigenvalue weighted by atomic mass is 16.7. The second-order valence-corrected chi connectivity index (χ2v) is 7.17. The van der Waals surface area contributed by atoms with Crippen LogP contribution < -0.4 is 10.6 Å². The summed E-state index contributed by atoms with van der Waals surface area (Å²) in [5.41, 5.74) is 0. The Balaban J connectivity index is 2.25. The Kier molecular flexibility index (Phi) is 8.55. The number of aliphatic hydroxyl groups excluding tert-OH is 4. The van der Waals surface area contributed by atoms with Gasteiger partial charge in [-0.05, 0) is 7.05 Å². The van der Waals surface area contributed by atoms with E-state index in [4.69, 9.17) is 18.9 Å². The highest BCUT2D eigenvalue weighted by Crippen LogP contribution is 2.31. The number of hydrogen-bond donors (Lipinski definition) is 6. The average Bonchev–Trinajstić information content (AvgIpc) is 2.67. The van der Waals surface area contributed by atoms with Gasteiger partial charge >= 0.3 is 0 Å². The van der Waals surface area contributed by atoms with Gasteiger partial charge in [-0.25, -0.2) is 0 Å². The first-order valence-corrected chi connectivity index (χ1v) is 9.30. The van der Waals surface area contributed by atoms with Crippen molar-refractivity contribution >= 4 is 5.91 Å². The molecular weight excluding hydrogens is 376 g/mol. The van der Waals surface area contributed by atoms with Gasteiger partial charge in [0.25, 0.3) is 0 Å². The van der Waals surface area contributed by atoms with E-state index in [1.807, 2.05) is 0 Å². The first kappa shape index (κ1) is 23.4. The minimum Gasteiger partial charge on any atom is -0.394 e. The van der Waals surface area contributed by atoms with Crippen LogP contribution in [0.25, 0.3) is 0 Å². The SMILES string of the molecule is CNC1[C@H](OC)OC(CO)[C@H](O[C@@H]2OC(CO)[C@H](C)[C@H](O)C2NC(C)=O)[C@@H]1O.